The normalized spacial score (nSPS) is 14.5. The molecule has 1 aromatic heterocycles. The predicted molar refractivity (Wildman–Crippen MR) is 124 cm³/mol. The summed E-state index contributed by atoms with van der Waals surface area (Å²) < 4.78 is 5.18. The smallest absolute Gasteiger partial charge is 0.270 e. The van der Waals surface area contributed by atoms with Crippen LogP contribution in [0.3, 0.4) is 0 Å². The summed E-state index contributed by atoms with van der Waals surface area (Å²) in [7, 11) is 1.56. The molecule has 32 heavy (non-hydrogen) atoms. The highest BCUT2D eigenvalue weighted by atomic mass is 35.5. The molecule has 0 unspecified atom stereocenters. The number of aliphatic hydroxyl groups is 1. The lowest BCUT2D eigenvalue weighted by atomic mass is 9.97. The highest BCUT2D eigenvalue weighted by Crippen LogP contribution is 2.34. The first-order valence-corrected chi connectivity index (χ1v) is 10.7. The Hall–Kier alpha value is -3.17. The van der Waals surface area contributed by atoms with Gasteiger partial charge in [-0.1, -0.05) is 17.7 Å². The first-order valence-electron chi connectivity index (χ1n) is 10.4. The van der Waals surface area contributed by atoms with Gasteiger partial charge in [0.15, 0.2) is 11.6 Å². The lowest BCUT2D eigenvalue weighted by Gasteiger charge is -2.32. The minimum absolute atomic E-state index is 0.00835. The Kier molecular flexibility index (Phi) is 6.57. The van der Waals surface area contributed by atoms with Crippen LogP contribution in [0.2, 0.25) is 5.02 Å². The van der Waals surface area contributed by atoms with Crippen LogP contribution in [0.4, 0.5) is 17.3 Å². The summed E-state index contributed by atoms with van der Waals surface area (Å²) in [6.45, 7) is 2.11. The van der Waals surface area contributed by atoms with Crippen LogP contribution in [0.5, 0.6) is 5.75 Å². The quantitative estimate of drug-likeness (QED) is 0.404. The van der Waals surface area contributed by atoms with Crippen molar-refractivity contribution in [2.24, 2.45) is 5.92 Å². The summed E-state index contributed by atoms with van der Waals surface area (Å²) in [4.78, 5) is 13.1. The fourth-order valence-electron chi connectivity index (χ4n) is 3.94. The molecule has 9 nitrogen and oxygen atoms in total. The molecule has 1 saturated heterocycles. The number of aliphatic hydroxyl groups excluding tert-OH is 1. The van der Waals surface area contributed by atoms with Crippen molar-refractivity contribution >= 4 is 39.7 Å². The maximum atomic E-state index is 11.4. The second-order valence-corrected chi connectivity index (χ2v) is 8.20. The van der Waals surface area contributed by atoms with Crippen LogP contribution < -0.4 is 15.0 Å². The number of methoxy groups -OCH3 is 1. The van der Waals surface area contributed by atoms with Gasteiger partial charge in [0.2, 0.25) is 0 Å². The average Bonchev–Trinajstić information content (AvgIpc) is 2.82. The van der Waals surface area contributed by atoms with E-state index in [0.29, 0.717) is 40.3 Å². The molecule has 0 aliphatic carbocycles. The molecular weight excluding hydrogens is 434 g/mol. The van der Waals surface area contributed by atoms with Crippen molar-refractivity contribution < 1.29 is 14.8 Å². The molecule has 4 rings (SSSR count). The van der Waals surface area contributed by atoms with Crippen molar-refractivity contribution in [3.8, 4) is 5.75 Å². The van der Waals surface area contributed by atoms with Crippen LogP contribution in [0, 0.1) is 16.0 Å². The van der Waals surface area contributed by atoms with Gasteiger partial charge < -0.3 is 20.1 Å². The van der Waals surface area contributed by atoms with E-state index in [-0.39, 0.29) is 12.3 Å². The predicted octanol–water partition coefficient (Wildman–Crippen LogP) is 4.02. The SMILES string of the molecule is COc1ccc(CNc2nnc(N3CCC(CO)CC3)c3ccc([N+](=O)[O-])cc23)cc1Cl. The molecule has 0 atom stereocenters. The molecule has 0 saturated carbocycles. The van der Waals surface area contributed by atoms with Crippen LogP contribution >= 0.6 is 11.6 Å². The molecule has 0 bridgehead atoms. The summed E-state index contributed by atoms with van der Waals surface area (Å²) >= 11 is 6.21. The lowest BCUT2D eigenvalue weighted by molar-refractivity contribution is -0.384. The van der Waals surface area contributed by atoms with Gasteiger partial charge in [-0.05, 0) is 42.5 Å². The molecular formula is C22H24ClN5O4. The van der Waals surface area contributed by atoms with Gasteiger partial charge in [-0.15, -0.1) is 10.2 Å². The molecule has 10 heteroatoms. The number of anilines is 2. The fourth-order valence-corrected chi connectivity index (χ4v) is 4.22. The number of hydrogen-bond acceptors (Lipinski definition) is 8. The van der Waals surface area contributed by atoms with E-state index >= 15 is 0 Å². The molecule has 1 aliphatic rings. The average molecular weight is 458 g/mol. The third-order valence-corrected chi connectivity index (χ3v) is 6.10. The van der Waals surface area contributed by atoms with Gasteiger partial charge in [0.25, 0.3) is 5.69 Å². The van der Waals surface area contributed by atoms with Crippen LogP contribution in [-0.4, -0.2) is 47.0 Å². The van der Waals surface area contributed by atoms with E-state index in [1.165, 1.54) is 12.1 Å². The zero-order valence-corrected chi connectivity index (χ0v) is 18.4. The first-order chi connectivity index (χ1) is 15.5. The topological polar surface area (TPSA) is 114 Å². The molecule has 1 fully saturated rings. The van der Waals surface area contributed by atoms with E-state index in [1.54, 1.807) is 25.3 Å². The zero-order chi connectivity index (χ0) is 22.7. The number of fused-ring (bicyclic) bond motifs is 1. The van der Waals surface area contributed by atoms with Gasteiger partial charge in [0.05, 0.1) is 17.1 Å². The maximum absolute atomic E-state index is 11.4. The third-order valence-electron chi connectivity index (χ3n) is 5.80. The van der Waals surface area contributed by atoms with Crippen LogP contribution in [0.25, 0.3) is 10.8 Å². The number of piperidine rings is 1. The Morgan fingerprint density at radius 2 is 2.00 bits per heavy atom. The lowest BCUT2D eigenvalue weighted by Crippen LogP contribution is -2.35. The van der Waals surface area contributed by atoms with E-state index in [2.05, 4.69) is 20.4 Å². The Morgan fingerprint density at radius 1 is 1.22 bits per heavy atom. The van der Waals surface area contributed by atoms with Gasteiger partial charge in [0.1, 0.15) is 5.75 Å². The van der Waals surface area contributed by atoms with Gasteiger partial charge >= 0.3 is 0 Å². The zero-order valence-electron chi connectivity index (χ0n) is 17.6. The Balaban J connectivity index is 1.65. The summed E-state index contributed by atoms with van der Waals surface area (Å²) in [5.41, 5.74) is 0.900. The molecule has 2 aromatic carbocycles. The second kappa shape index (κ2) is 9.54. The summed E-state index contributed by atoms with van der Waals surface area (Å²) in [6.07, 6.45) is 1.73. The number of nitro groups is 1. The highest BCUT2D eigenvalue weighted by molar-refractivity contribution is 6.32. The molecule has 3 aromatic rings. The Bertz CT molecular complexity index is 1130. The fraction of sp³-hybridized carbons (Fsp3) is 0.364. The van der Waals surface area contributed by atoms with E-state index in [4.69, 9.17) is 16.3 Å². The van der Waals surface area contributed by atoms with Crippen LogP contribution in [0.15, 0.2) is 36.4 Å². The molecule has 1 aliphatic heterocycles. The van der Waals surface area contributed by atoms with Gasteiger partial charge in [-0.2, -0.15) is 0 Å². The number of nitrogens with one attached hydrogen (secondary N) is 1. The molecule has 0 spiro atoms. The van der Waals surface area contributed by atoms with Gasteiger partial charge in [-0.25, -0.2) is 0 Å². The summed E-state index contributed by atoms with van der Waals surface area (Å²) in [5, 5.41) is 34.8. The van der Waals surface area contributed by atoms with Crippen molar-refractivity contribution in [1.29, 1.82) is 0 Å². The number of ether oxygens (including phenoxy) is 1. The van der Waals surface area contributed by atoms with Crippen molar-refractivity contribution in [2.45, 2.75) is 19.4 Å². The number of benzene rings is 2. The van der Waals surface area contributed by atoms with Crippen molar-refractivity contribution in [2.75, 3.05) is 37.0 Å². The molecule has 0 radical (unpaired) electrons. The number of rotatable bonds is 7. The molecule has 2 heterocycles. The van der Waals surface area contributed by atoms with Crippen LogP contribution in [0.1, 0.15) is 18.4 Å². The summed E-state index contributed by atoms with van der Waals surface area (Å²) in [6, 6.07) is 10.2. The first kappa shape index (κ1) is 22.0. The standard InChI is InChI=1S/C22H24ClN5O4/c1-32-20-5-2-15(10-19(20)23)12-24-21-18-11-16(28(30)31)3-4-17(18)22(26-25-21)27-8-6-14(13-29)7-9-27/h2-5,10-11,14,29H,6-9,12-13H2,1H3,(H,24,25). The number of halogens is 1. The van der Waals surface area contributed by atoms with Gasteiger partial charge in [-0.3, -0.25) is 10.1 Å². The van der Waals surface area contributed by atoms with Gasteiger partial charge in [0, 0.05) is 49.1 Å². The third kappa shape index (κ3) is 4.53. The highest BCUT2D eigenvalue weighted by Gasteiger charge is 2.23. The van der Waals surface area contributed by atoms with E-state index in [0.717, 1.165) is 36.9 Å². The number of non-ortho nitro benzene ring substituents is 1. The van der Waals surface area contributed by atoms with E-state index in [1.807, 2.05) is 6.07 Å². The van der Waals surface area contributed by atoms with Crippen molar-refractivity contribution in [3.05, 3.63) is 57.1 Å². The number of nitrogens with zero attached hydrogens (tertiary/aromatic N) is 4. The number of hydrogen-bond donors (Lipinski definition) is 2. The van der Waals surface area contributed by atoms with E-state index < -0.39 is 4.92 Å². The summed E-state index contributed by atoms with van der Waals surface area (Å²) in [5.74, 6) is 2.04. The minimum Gasteiger partial charge on any atom is -0.495 e. The molecule has 2 N–H and O–H groups in total. The van der Waals surface area contributed by atoms with Crippen molar-refractivity contribution in [1.82, 2.24) is 10.2 Å². The largest absolute Gasteiger partial charge is 0.495 e. The maximum Gasteiger partial charge on any atom is 0.270 e. The van der Waals surface area contributed by atoms with Crippen LogP contribution in [-0.2, 0) is 6.54 Å². The number of nitro benzene ring substituents is 1. The minimum atomic E-state index is -0.417. The second-order valence-electron chi connectivity index (χ2n) is 7.79. The number of aromatic nitrogens is 2. The van der Waals surface area contributed by atoms with Crippen molar-refractivity contribution in [3.63, 3.8) is 0 Å². The molecule has 168 valence electrons. The Labute approximate surface area is 190 Å². The molecule has 0 amide bonds. The Morgan fingerprint density at radius 3 is 2.66 bits per heavy atom. The monoisotopic (exact) mass is 457 g/mol. The van der Waals surface area contributed by atoms with E-state index in [9.17, 15) is 15.2 Å².